The van der Waals surface area contributed by atoms with Crippen LogP contribution in [0.2, 0.25) is 0 Å². The number of fused-ring (bicyclic) bond motifs is 1. The zero-order chi connectivity index (χ0) is 20.8. The second-order valence-electron chi connectivity index (χ2n) is 7.78. The van der Waals surface area contributed by atoms with E-state index in [0.29, 0.717) is 26.1 Å². The van der Waals surface area contributed by atoms with E-state index in [1.807, 2.05) is 29.5 Å². The van der Waals surface area contributed by atoms with Crippen LogP contribution in [0.15, 0.2) is 24.4 Å². The van der Waals surface area contributed by atoms with Gasteiger partial charge in [-0.25, -0.2) is 4.98 Å². The highest BCUT2D eigenvalue weighted by molar-refractivity contribution is 5.81. The Kier molecular flexibility index (Phi) is 5.00. The monoisotopic (exact) mass is 407 g/mol. The molecule has 0 spiro atoms. The van der Waals surface area contributed by atoms with Crippen molar-refractivity contribution in [3.63, 3.8) is 0 Å². The van der Waals surface area contributed by atoms with Crippen LogP contribution in [0.1, 0.15) is 36.2 Å². The highest BCUT2D eigenvalue weighted by atomic mass is 19.4. The lowest BCUT2D eigenvalue weighted by molar-refractivity contribution is -0.137. The van der Waals surface area contributed by atoms with E-state index in [1.54, 1.807) is 4.90 Å². The molecule has 0 saturated carbocycles. The molecule has 2 aromatic rings. The van der Waals surface area contributed by atoms with Crippen LogP contribution in [0.25, 0.3) is 0 Å². The molecule has 1 amide bonds. The van der Waals surface area contributed by atoms with Crippen molar-refractivity contribution in [1.29, 1.82) is 0 Å². The SMILES string of the molecule is Cc1cc(C)n(CCCN2C(=O)C[C@H]3[C@@H]2CCN3c2ncccc2C(F)(F)F)n1. The van der Waals surface area contributed by atoms with E-state index in [1.165, 1.54) is 12.3 Å². The molecule has 2 aliphatic rings. The lowest BCUT2D eigenvalue weighted by atomic mass is 10.1. The molecule has 0 bridgehead atoms. The summed E-state index contributed by atoms with van der Waals surface area (Å²) in [6, 6.07) is 4.04. The minimum Gasteiger partial charge on any atom is -0.350 e. The molecule has 2 aliphatic heterocycles. The Balaban J connectivity index is 1.46. The first-order valence-electron chi connectivity index (χ1n) is 9.85. The number of likely N-dealkylation sites (tertiary alicyclic amines) is 1. The number of aromatic nitrogens is 3. The molecule has 0 N–H and O–H groups in total. The van der Waals surface area contributed by atoms with E-state index in [9.17, 15) is 18.0 Å². The molecule has 0 radical (unpaired) electrons. The number of alkyl halides is 3. The Bertz CT molecular complexity index is 910. The first kappa shape index (κ1) is 19.7. The average molecular weight is 407 g/mol. The minimum absolute atomic E-state index is 0.00237. The van der Waals surface area contributed by atoms with Crippen LogP contribution in [0.3, 0.4) is 0 Å². The van der Waals surface area contributed by atoms with Gasteiger partial charge in [0, 0.05) is 37.9 Å². The van der Waals surface area contributed by atoms with Crippen LogP contribution in [-0.2, 0) is 17.5 Å². The summed E-state index contributed by atoms with van der Waals surface area (Å²) in [7, 11) is 0. The molecule has 0 unspecified atom stereocenters. The third-order valence-electron chi connectivity index (χ3n) is 5.85. The Morgan fingerprint density at radius 1 is 1.21 bits per heavy atom. The van der Waals surface area contributed by atoms with Crippen molar-refractivity contribution in [1.82, 2.24) is 19.7 Å². The van der Waals surface area contributed by atoms with Gasteiger partial charge in [0.25, 0.3) is 0 Å². The summed E-state index contributed by atoms with van der Waals surface area (Å²) in [5.74, 6) is -0.0626. The van der Waals surface area contributed by atoms with Crippen molar-refractivity contribution in [3.8, 4) is 0 Å². The molecule has 6 nitrogen and oxygen atoms in total. The number of aryl methyl sites for hydroxylation is 3. The minimum atomic E-state index is -4.47. The molecule has 0 aliphatic carbocycles. The van der Waals surface area contributed by atoms with E-state index in [-0.39, 0.29) is 30.2 Å². The number of pyridine rings is 1. The second kappa shape index (κ2) is 7.35. The number of rotatable bonds is 5. The number of anilines is 1. The van der Waals surface area contributed by atoms with E-state index < -0.39 is 11.7 Å². The predicted molar refractivity (Wildman–Crippen MR) is 101 cm³/mol. The molecule has 4 heterocycles. The maximum Gasteiger partial charge on any atom is 0.419 e. The van der Waals surface area contributed by atoms with E-state index in [0.717, 1.165) is 23.9 Å². The van der Waals surface area contributed by atoms with Gasteiger partial charge < -0.3 is 9.80 Å². The fourth-order valence-corrected chi connectivity index (χ4v) is 4.62. The van der Waals surface area contributed by atoms with Gasteiger partial charge in [-0.2, -0.15) is 18.3 Å². The Hall–Kier alpha value is -2.58. The summed E-state index contributed by atoms with van der Waals surface area (Å²) in [5.41, 5.74) is 1.30. The van der Waals surface area contributed by atoms with Gasteiger partial charge in [-0.3, -0.25) is 9.48 Å². The molecular weight excluding hydrogens is 383 g/mol. The van der Waals surface area contributed by atoms with E-state index in [4.69, 9.17) is 0 Å². The molecule has 0 aromatic carbocycles. The van der Waals surface area contributed by atoms with E-state index >= 15 is 0 Å². The number of carbonyl (C=O) groups is 1. The largest absolute Gasteiger partial charge is 0.419 e. The quantitative estimate of drug-likeness (QED) is 0.764. The molecule has 29 heavy (non-hydrogen) atoms. The summed E-state index contributed by atoms with van der Waals surface area (Å²) in [6.45, 7) is 5.70. The molecule has 156 valence electrons. The molecule has 9 heteroatoms. The van der Waals surface area contributed by atoms with Gasteiger partial charge in [-0.05, 0) is 44.9 Å². The normalized spacial score (nSPS) is 21.9. The van der Waals surface area contributed by atoms with Gasteiger partial charge in [-0.15, -0.1) is 0 Å². The fourth-order valence-electron chi connectivity index (χ4n) is 4.62. The van der Waals surface area contributed by atoms with Gasteiger partial charge >= 0.3 is 6.18 Å². The zero-order valence-electron chi connectivity index (χ0n) is 16.5. The van der Waals surface area contributed by atoms with E-state index in [2.05, 4.69) is 10.1 Å². The van der Waals surface area contributed by atoms with Crippen molar-refractivity contribution in [2.45, 2.75) is 57.9 Å². The third-order valence-corrected chi connectivity index (χ3v) is 5.85. The lowest BCUT2D eigenvalue weighted by Crippen LogP contribution is -2.38. The number of hydrogen-bond donors (Lipinski definition) is 0. The van der Waals surface area contributed by atoms with Crippen molar-refractivity contribution >= 4 is 11.7 Å². The highest BCUT2D eigenvalue weighted by Crippen LogP contribution is 2.41. The van der Waals surface area contributed by atoms with Gasteiger partial charge in [0.05, 0.1) is 23.3 Å². The summed E-state index contributed by atoms with van der Waals surface area (Å²) >= 11 is 0. The number of amides is 1. The van der Waals surface area contributed by atoms with Crippen molar-refractivity contribution in [2.75, 3.05) is 18.0 Å². The summed E-state index contributed by atoms with van der Waals surface area (Å²) in [5, 5.41) is 4.43. The van der Waals surface area contributed by atoms with Gasteiger partial charge in [0.15, 0.2) is 0 Å². The second-order valence-corrected chi connectivity index (χ2v) is 7.78. The van der Waals surface area contributed by atoms with Crippen LogP contribution in [0.5, 0.6) is 0 Å². The van der Waals surface area contributed by atoms with Crippen LogP contribution in [0, 0.1) is 13.8 Å². The zero-order valence-corrected chi connectivity index (χ0v) is 16.5. The standard InChI is InChI=1S/C20H24F3N5O/c1-13-11-14(2)28(25-13)9-4-8-26-16-6-10-27(17(16)12-18(26)29)19-15(20(21,22)23)5-3-7-24-19/h3,5,7,11,16-17H,4,6,8-10,12H2,1-2H3/t16-,17-/m0/s1. The maximum atomic E-state index is 13.4. The number of carbonyl (C=O) groups excluding carboxylic acids is 1. The number of hydrogen-bond acceptors (Lipinski definition) is 4. The third kappa shape index (κ3) is 3.70. The van der Waals surface area contributed by atoms with Crippen molar-refractivity contribution < 1.29 is 18.0 Å². The molecule has 2 aromatic heterocycles. The summed E-state index contributed by atoms with van der Waals surface area (Å²) in [4.78, 5) is 20.1. The fraction of sp³-hybridized carbons (Fsp3) is 0.550. The average Bonchev–Trinajstić information content (AvgIpc) is 3.29. The van der Waals surface area contributed by atoms with Crippen molar-refractivity contribution in [2.24, 2.45) is 0 Å². The highest BCUT2D eigenvalue weighted by Gasteiger charge is 2.48. The first-order chi connectivity index (χ1) is 13.8. The molecule has 2 saturated heterocycles. The summed E-state index contributed by atoms with van der Waals surface area (Å²) < 4.78 is 42.2. The predicted octanol–water partition coefficient (Wildman–Crippen LogP) is 3.18. The topological polar surface area (TPSA) is 54.3 Å². The molecular formula is C20H24F3N5O. The number of halogens is 3. The lowest BCUT2D eigenvalue weighted by Gasteiger charge is -2.27. The first-order valence-corrected chi connectivity index (χ1v) is 9.85. The Morgan fingerprint density at radius 2 is 2.00 bits per heavy atom. The number of nitrogens with zero attached hydrogens (tertiary/aromatic N) is 5. The van der Waals surface area contributed by atoms with Gasteiger partial charge in [0.2, 0.25) is 5.91 Å². The smallest absolute Gasteiger partial charge is 0.350 e. The Labute approximate surface area is 167 Å². The maximum absolute atomic E-state index is 13.4. The van der Waals surface area contributed by atoms with Crippen LogP contribution in [-0.4, -0.2) is 50.7 Å². The van der Waals surface area contributed by atoms with Crippen LogP contribution < -0.4 is 4.90 Å². The van der Waals surface area contributed by atoms with Crippen LogP contribution in [0.4, 0.5) is 19.0 Å². The molecule has 4 rings (SSSR count). The van der Waals surface area contributed by atoms with Gasteiger partial charge in [-0.1, -0.05) is 0 Å². The summed E-state index contributed by atoms with van der Waals surface area (Å²) in [6.07, 6.45) is -1.44. The van der Waals surface area contributed by atoms with Gasteiger partial charge in [0.1, 0.15) is 5.82 Å². The van der Waals surface area contributed by atoms with Crippen molar-refractivity contribution in [3.05, 3.63) is 41.3 Å². The molecule has 2 fully saturated rings. The van der Waals surface area contributed by atoms with Crippen LogP contribution >= 0.6 is 0 Å². The molecule has 2 atom stereocenters. The Morgan fingerprint density at radius 3 is 2.69 bits per heavy atom.